The molecule has 0 fully saturated rings. The van der Waals surface area contributed by atoms with E-state index in [1.807, 2.05) is 0 Å². The minimum absolute atomic E-state index is 0.0190. The van der Waals surface area contributed by atoms with E-state index in [4.69, 9.17) is 14.3 Å². The van der Waals surface area contributed by atoms with Crippen LogP contribution in [0.5, 0.6) is 0 Å². The number of hydrogen-bond donors (Lipinski definition) is 3. The van der Waals surface area contributed by atoms with Gasteiger partial charge in [-0.05, 0) is 38.9 Å². The molecule has 0 aliphatic carbocycles. The van der Waals surface area contributed by atoms with Gasteiger partial charge >= 0.3 is 12.1 Å². The average Bonchev–Trinajstić information content (AvgIpc) is 2.31. The zero-order chi connectivity index (χ0) is 19.3. The van der Waals surface area contributed by atoms with Crippen LogP contribution in [0, 0.1) is 0 Å². The van der Waals surface area contributed by atoms with Crippen molar-refractivity contribution in [2.45, 2.75) is 83.8 Å². The van der Waals surface area contributed by atoms with Crippen LogP contribution in [0.3, 0.4) is 0 Å². The van der Waals surface area contributed by atoms with Crippen molar-refractivity contribution in [1.82, 2.24) is 5.32 Å². The molecule has 0 spiro atoms. The lowest BCUT2D eigenvalue weighted by molar-refractivity contribution is -0.147. The van der Waals surface area contributed by atoms with E-state index >= 15 is 0 Å². The zero-order valence-corrected chi connectivity index (χ0v) is 17.1. The first-order chi connectivity index (χ1) is 10.5. The summed E-state index contributed by atoms with van der Waals surface area (Å²) in [6, 6.07) is -0.653. The molecule has 0 aromatic heterocycles. The molecular weight excluding hydrogens is 330 g/mol. The standard InChI is InChI=1S/C16H33NO6Si/c1-15(2,3)23-14(21)17-11(9-12(18)13(19)20)10-22-24(7,8)16(4,5)6/h11-12,18H,9-10H2,1-8H3,(H,17,21)(H,19,20). The van der Waals surface area contributed by atoms with Crippen molar-refractivity contribution in [3.05, 3.63) is 0 Å². The predicted octanol–water partition coefficient (Wildman–Crippen LogP) is 2.74. The summed E-state index contributed by atoms with van der Waals surface area (Å²) in [5, 5.41) is 21.1. The van der Waals surface area contributed by atoms with E-state index in [2.05, 4.69) is 39.2 Å². The van der Waals surface area contributed by atoms with Crippen LogP contribution >= 0.6 is 0 Å². The fourth-order valence-electron chi connectivity index (χ4n) is 1.54. The molecule has 7 nitrogen and oxygen atoms in total. The van der Waals surface area contributed by atoms with Crippen LogP contribution in [-0.2, 0) is 14.0 Å². The number of alkyl carbamates (subject to hydrolysis) is 1. The number of aliphatic hydroxyl groups excluding tert-OH is 1. The Hall–Kier alpha value is -1.12. The fourth-order valence-corrected chi connectivity index (χ4v) is 2.59. The largest absolute Gasteiger partial charge is 0.479 e. The molecule has 24 heavy (non-hydrogen) atoms. The molecule has 1 amide bonds. The highest BCUT2D eigenvalue weighted by Gasteiger charge is 2.38. The molecule has 0 aromatic carbocycles. The van der Waals surface area contributed by atoms with E-state index in [0.29, 0.717) is 0 Å². The maximum atomic E-state index is 11.9. The van der Waals surface area contributed by atoms with Gasteiger partial charge in [-0.3, -0.25) is 0 Å². The normalized spacial score (nSPS) is 15.5. The first kappa shape index (κ1) is 22.9. The molecule has 0 heterocycles. The Morgan fingerprint density at radius 1 is 1.12 bits per heavy atom. The van der Waals surface area contributed by atoms with Gasteiger partial charge in [-0.1, -0.05) is 20.8 Å². The van der Waals surface area contributed by atoms with E-state index in [1.54, 1.807) is 20.8 Å². The van der Waals surface area contributed by atoms with Gasteiger partial charge in [-0.15, -0.1) is 0 Å². The van der Waals surface area contributed by atoms with Crippen LogP contribution in [0.25, 0.3) is 0 Å². The lowest BCUT2D eigenvalue weighted by Gasteiger charge is -2.37. The second-order valence-electron chi connectivity index (χ2n) is 8.50. The highest BCUT2D eigenvalue weighted by Crippen LogP contribution is 2.36. The number of amides is 1. The molecule has 8 heteroatoms. The highest BCUT2D eigenvalue weighted by atomic mass is 28.4. The van der Waals surface area contributed by atoms with Crippen molar-refractivity contribution in [1.29, 1.82) is 0 Å². The van der Waals surface area contributed by atoms with Crippen molar-refractivity contribution in [2.75, 3.05) is 6.61 Å². The number of nitrogens with one attached hydrogen (secondary N) is 1. The van der Waals surface area contributed by atoms with Gasteiger partial charge in [0, 0.05) is 6.42 Å². The number of hydrogen-bond acceptors (Lipinski definition) is 5. The summed E-state index contributed by atoms with van der Waals surface area (Å²) in [6.45, 7) is 15.7. The average molecular weight is 364 g/mol. The molecule has 0 aliphatic rings. The van der Waals surface area contributed by atoms with Crippen LogP contribution in [0.2, 0.25) is 18.1 Å². The van der Waals surface area contributed by atoms with E-state index in [9.17, 15) is 14.7 Å². The smallest absolute Gasteiger partial charge is 0.407 e. The van der Waals surface area contributed by atoms with Crippen LogP contribution in [-0.4, -0.2) is 54.9 Å². The van der Waals surface area contributed by atoms with Crippen molar-refractivity contribution in [2.24, 2.45) is 0 Å². The van der Waals surface area contributed by atoms with Crippen molar-refractivity contribution in [3.8, 4) is 0 Å². The summed E-state index contributed by atoms with van der Waals surface area (Å²) in [6.07, 6.45) is -2.39. The van der Waals surface area contributed by atoms with Crippen molar-refractivity contribution in [3.63, 3.8) is 0 Å². The zero-order valence-electron chi connectivity index (χ0n) is 16.1. The lowest BCUT2D eigenvalue weighted by atomic mass is 10.1. The first-order valence-corrected chi connectivity index (χ1v) is 11.0. The molecule has 2 atom stereocenters. The minimum Gasteiger partial charge on any atom is -0.479 e. The second-order valence-corrected chi connectivity index (χ2v) is 13.3. The number of carboxylic acids is 1. The topological polar surface area (TPSA) is 105 Å². The van der Waals surface area contributed by atoms with E-state index in [0.717, 1.165) is 0 Å². The number of carboxylic acid groups (broad SMARTS) is 1. The van der Waals surface area contributed by atoms with Gasteiger partial charge in [0.2, 0.25) is 0 Å². The number of ether oxygens (including phenoxy) is 1. The maximum Gasteiger partial charge on any atom is 0.407 e. The van der Waals surface area contributed by atoms with Crippen LogP contribution < -0.4 is 5.32 Å². The summed E-state index contributed by atoms with van der Waals surface area (Å²) in [5.41, 5.74) is -0.666. The van der Waals surface area contributed by atoms with Gasteiger partial charge in [0.1, 0.15) is 5.60 Å². The maximum absolute atomic E-state index is 11.9. The van der Waals surface area contributed by atoms with Gasteiger partial charge in [0.25, 0.3) is 0 Å². The third-order valence-corrected chi connectivity index (χ3v) is 8.47. The fraction of sp³-hybridized carbons (Fsp3) is 0.875. The minimum atomic E-state index is -2.06. The third kappa shape index (κ3) is 8.65. The monoisotopic (exact) mass is 363 g/mol. The van der Waals surface area contributed by atoms with E-state index in [1.165, 1.54) is 0 Å². The van der Waals surface area contributed by atoms with Crippen molar-refractivity contribution >= 4 is 20.4 Å². The van der Waals surface area contributed by atoms with Crippen LogP contribution in [0.4, 0.5) is 4.79 Å². The Balaban J connectivity index is 4.94. The summed E-state index contributed by atoms with van der Waals surface area (Å²) in [4.78, 5) is 22.8. The summed E-state index contributed by atoms with van der Waals surface area (Å²) >= 11 is 0. The number of carbonyl (C=O) groups is 2. The Kier molecular flexibility index (Phi) is 7.92. The van der Waals surface area contributed by atoms with E-state index in [-0.39, 0.29) is 18.1 Å². The molecule has 142 valence electrons. The SMILES string of the molecule is CC(C)(C)OC(=O)NC(CO[Si](C)(C)C(C)(C)C)CC(O)C(=O)O. The highest BCUT2D eigenvalue weighted by molar-refractivity contribution is 6.74. The summed E-state index contributed by atoms with van der Waals surface area (Å²) in [7, 11) is -2.06. The van der Waals surface area contributed by atoms with Gasteiger partial charge in [0.15, 0.2) is 14.4 Å². The lowest BCUT2D eigenvalue weighted by Crippen LogP contribution is -2.48. The van der Waals surface area contributed by atoms with Gasteiger partial charge < -0.3 is 24.7 Å². The number of carbonyl (C=O) groups excluding carboxylic acids is 1. The molecule has 0 saturated carbocycles. The molecule has 0 aromatic rings. The van der Waals surface area contributed by atoms with Gasteiger partial charge in [-0.2, -0.15) is 0 Å². The quantitative estimate of drug-likeness (QED) is 0.601. The number of aliphatic carboxylic acids is 1. The molecule has 2 unspecified atom stereocenters. The molecular formula is C16H33NO6Si. The molecule has 0 rings (SSSR count). The first-order valence-electron chi connectivity index (χ1n) is 8.09. The van der Waals surface area contributed by atoms with Crippen LogP contribution in [0.15, 0.2) is 0 Å². The van der Waals surface area contributed by atoms with Gasteiger partial charge in [0.05, 0.1) is 12.6 Å². The number of aliphatic hydroxyl groups is 1. The van der Waals surface area contributed by atoms with Crippen molar-refractivity contribution < 1.29 is 29.0 Å². The Morgan fingerprint density at radius 3 is 2.00 bits per heavy atom. The molecule has 3 N–H and O–H groups in total. The number of rotatable bonds is 7. The second kappa shape index (κ2) is 8.31. The molecule has 0 saturated heterocycles. The van der Waals surface area contributed by atoms with Crippen LogP contribution in [0.1, 0.15) is 48.0 Å². The Morgan fingerprint density at radius 2 is 1.62 bits per heavy atom. The predicted molar refractivity (Wildman–Crippen MR) is 94.6 cm³/mol. The molecule has 0 radical (unpaired) electrons. The van der Waals surface area contributed by atoms with E-state index < -0.39 is 38.1 Å². The van der Waals surface area contributed by atoms with Gasteiger partial charge in [-0.25, -0.2) is 9.59 Å². The third-order valence-electron chi connectivity index (χ3n) is 3.97. The molecule has 0 bridgehead atoms. The Bertz CT molecular complexity index is 439. The summed E-state index contributed by atoms with van der Waals surface area (Å²) in [5.74, 6) is -1.33. The Labute approximate surface area is 145 Å². The summed E-state index contributed by atoms with van der Waals surface area (Å²) < 4.78 is 11.2. The molecule has 0 aliphatic heterocycles.